The van der Waals surface area contributed by atoms with Gasteiger partial charge in [0.2, 0.25) is 0 Å². The zero-order chi connectivity index (χ0) is 13.0. The van der Waals surface area contributed by atoms with Crippen molar-refractivity contribution < 1.29 is 9.47 Å². The molecule has 1 fully saturated rings. The number of hydrogen-bond donors (Lipinski definition) is 1. The molecule has 0 spiro atoms. The second kappa shape index (κ2) is 6.34. The molecule has 0 aromatic heterocycles. The average molecular weight is 267 g/mol. The Labute approximate surface area is 113 Å². The van der Waals surface area contributed by atoms with Gasteiger partial charge < -0.3 is 14.8 Å². The zero-order valence-electron chi connectivity index (χ0n) is 11.3. The summed E-state index contributed by atoms with van der Waals surface area (Å²) in [5.74, 6) is 2.30. The Morgan fingerprint density at radius 3 is 2.56 bits per heavy atom. The number of rotatable bonds is 4. The molecule has 2 rings (SSSR count). The largest absolute Gasteiger partial charge is 0.493 e. The number of piperidine rings is 1. The van der Waals surface area contributed by atoms with E-state index < -0.39 is 0 Å². The first-order valence-corrected chi connectivity index (χ1v) is 7.53. The van der Waals surface area contributed by atoms with E-state index in [4.69, 9.17) is 9.47 Å². The second-order valence-corrected chi connectivity index (χ2v) is 5.31. The Bertz CT molecular complexity index is 403. The number of benzene rings is 1. The van der Waals surface area contributed by atoms with E-state index in [0.29, 0.717) is 5.92 Å². The molecule has 100 valence electrons. The van der Waals surface area contributed by atoms with Gasteiger partial charge in [0.1, 0.15) is 0 Å². The Morgan fingerprint density at radius 1 is 1.22 bits per heavy atom. The van der Waals surface area contributed by atoms with Crippen LogP contribution in [-0.2, 0) is 0 Å². The number of nitrogens with one attached hydrogen (secondary N) is 1. The summed E-state index contributed by atoms with van der Waals surface area (Å²) in [7, 11) is 3.43. The van der Waals surface area contributed by atoms with E-state index in [0.717, 1.165) is 29.5 Å². The van der Waals surface area contributed by atoms with Gasteiger partial charge in [-0.05, 0) is 31.7 Å². The molecule has 0 amide bonds. The van der Waals surface area contributed by atoms with E-state index in [9.17, 15) is 0 Å². The lowest BCUT2D eigenvalue weighted by Crippen LogP contribution is -2.28. The quantitative estimate of drug-likeness (QED) is 0.850. The lowest BCUT2D eigenvalue weighted by molar-refractivity contribution is 0.338. The van der Waals surface area contributed by atoms with Gasteiger partial charge >= 0.3 is 0 Å². The van der Waals surface area contributed by atoms with Crippen molar-refractivity contribution in [2.24, 2.45) is 0 Å². The van der Waals surface area contributed by atoms with Crippen LogP contribution in [0.2, 0.25) is 0 Å². The number of thioether (sulfide) groups is 1. The van der Waals surface area contributed by atoms with Gasteiger partial charge in [0.05, 0.1) is 19.1 Å². The van der Waals surface area contributed by atoms with Gasteiger partial charge in [-0.15, -0.1) is 11.8 Å². The van der Waals surface area contributed by atoms with E-state index in [1.807, 2.05) is 0 Å². The zero-order valence-corrected chi connectivity index (χ0v) is 12.1. The standard InChI is InChI=1S/C14H21NO2S/c1-16-13-11(10-5-4-8-15-9-10)6-7-12(18-3)14(13)17-2/h6-7,10,15H,4-5,8-9H2,1-3H3. The van der Waals surface area contributed by atoms with E-state index in [2.05, 4.69) is 23.7 Å². The molecule has 4 heteroatoms. The summed E-state index contributed by atoms with van der Waals surface area (Å²) in [6.45, 7) is 2.15. The van der Waals surface area contributed by atoms with Gasteiger partial charge in [-0.3, -0.25) is 0 Å². The number of ether oxygens (including phenoxy) is 2. The van der Waals surface area contributed by atoms with Crippen molar-refractivity contribution in [3.8, 4) is 11.5 Å². The first-order chi connectivity index (χ1) is 8.81. The van der Waals surface area contributed by atoms with Crippen molar-refractivity contribution in [1.29, 1.82) is 0 Å². The smallest absolute Gasteiger partial charge is 0.174 e. The second-order valence-electron chi connectivity index (χ2n) is 4.47. The lowest BCUT2D eigenvalue weighted by Gasteiger charge is -2.26. The molecule has 3 nitrogen and oxygen atoms in total. The predicted molar refractivity (Wildman–Crippen MR) is 76.2 cm³/mol. The van der Waals surface area contributed by atoms with Crippen molar-refractivity contribution in [3.63, 3.8) is 0 Å². The molecular formula is C14H21NO2S. The molecule has 0 radical (unpaired) electrons. The first kappa shape index (κ1) is 13.6. The molecule has 1 saturated heterocycles. The van der Waals surface area contributed by atoms with Crippen molar-refractivity contribution in [3.05, 3.63) is 17.7 Å². The van der Waals surface area contributed by atoms with Crippen LogP contribution < -0.4 is 14.8 Å². The number of hydrogen-bond acceptors (Lipinski definition) is 4. The molecule has 0 aliphatic carbocycles. The molecule has 18 heavy (non-hydrogen) atoms. The molecule has 1 unspecified atom stereocenters. The SMILES string of the molecule is COc1c(SC)ccc(C2CCCNC2)c1OC. The molecule has 1 aromatic carbocycles. The molecular weight excluding hydrogens is 246 g/mol. The third-order valence-electron chi connectivity index (χ3n) is 3.47. The highest BCUT2D eigenvalue weighted by molar-refractivity contribution is 7.98. The number of methoxy groups -OCH3 is 2. The predicted octanol–water partition coefficient (Wildman–Crippen LogP) is 2.89. The summed E-state index contributed by atoms with van der Waals surface area (Å²) in [4.78, 5) is 1.13. The summed E-state index contributed by atoms with van der Waals surface area (Å²) >= 11 is 1.68. The molecule has 1 aromatic rings. The maximum atomic E-state index is 5.60. The monoisotopic (exact) mass is 267 g/mol. The van der Waals surface area contributed by atoms with Gasteiger partial charge in [0, 0.05) is 18.0 Å². The maximum Gasteiger partial charge on any atom is 0.174 e. The van der Waals surface area contributed by atoms with Gasteiger partial charge in [0.25, 0.3) is 0 Å². The molecule has 1 aliphatic rings. The fourth-order valence-electron chi connectivity index (χ4n) is 2.56. The Balaban J connectivity index is 2.40. The van der Waals surface area contributed by atoms with Crippen molar-refractivity contribution in [1.82, 2.24) is 5.32 Å². The van der Waals surface area contributed by atoms with Crippen molar-refractivity contribution in [2.45, 2.75) is 23.7 Å². The average Bonchev–Trinajstić information content (AvgIpc) is 2.46. The van der Waals surface area contributed by atoms with Crippen molar-refractivity contribution in [2.75, 3.05) is 33.6 Å². The normalized spacial score (nSPS) is 19.6. The fraction of sp³-hybridized carbons (Fsp3) is 0.571. The minimum absolute atomic E-state index is 0.526. The minimum Gasteiger partial charge on any atom is -0.493 e. The van der Waals surface area contributed by atoms with Crippen LogP contribution in [0.4, 0.5) is 0 Å². The van der Waals surface area contributed by atoms with Crippen LogP contribution in [0.3, 0.4) is 0 Å². The van der Waals surface area contributed by atoms with E-state index in [-0.39, 0.29) is 0 Å². The molecule has 0 saturated carbocycles. The summed E-state index contributed by atoms with van der Waals surface area (Å²) < 4.78 is 11.1. The van der Waals surface area contributed by atoms with Crippen LogP contribution in [0, 0.1) is 0 Å². The van der Waals surface area contributed by atoms with Gasteiger partial charge in [-0.1, -0.05) is 6.07 Å². The summed E-state index contributed by atoms with van der Waals surface area (Å²) in [6.07, 6.45) is 4.49. The van der Waals surface area contributed by atoms with Crippen molar-refractivity contribution >= 4 is 11.8 Å². The lowest BCUT2D eigenvalue weighted by atomic mass is 9.91. The maximum absolute atomic E-state index is 5.60. The van der Waals surface area contributed by atoms with E-state index in [1.54, 1.807) is 26.0 Å². The van der Waals surface area contributed by atoms with Crippen LogP contribution >= 0.6 is 11.8 Å². The Morgan fingerprint density at radius 2 is 2.00 bits per heavy atom. The highest BCUT2D eigenvalue weighted by Crippen LogP contribution is 2.43. The van der Waals surface area contributed by atoms with Gasteiger partial charge in [-0.2, -0.15) is 0 Å². The summed E-state index contributed by atoms with van der Waals surface area (Å²) in [5.41, 5.74) is 1.26. The first-order valence-electron chi connectivity index (χ1n) is 6.31. The highest BCUT2D eigenvalue weighted by atomic mass is 32.2. The van der Waals surface area contributed by atoms with Gasteiger partial charge in [-0.25, -0.2) is 0 Å². The van der Waals surface area contributed by atoms with Crippen LogP contribution in [0.1, 0.15) is 24.3 Å². The molecule has 1 heterocycles. The van der Waals surface area contributed by atoms with E-state index in [1.165, 1.54) is 18.4 Å². The topological polar surface area (TPSA) is 30.5 Å². The summed E-state index contributed by atoms with van der Waals surface area (Å²) in [6, 6.07) is 4.32. The molecule has 1 N–H and O–H groups in total. The third kappa shape index (κ3) is 2.59. The van der Waals surface area contributed by atoms with Crippen LogP contribution in [0.25, 0.3) is 0 Å². The van der Waals surface area contributed by atoms with Crippen LogP contribution in [0.5, 0.6) is 11.5 Å². The Kier molecular flexibility index (Phi) is 4.78. The molecule has 1 aliphatic heterocycles. The van der Waals surface area contributed by atoms with Gasteiger partial charge in [0.15, 0.2) is 11.5 Å². The fourth-order valence-corrected chi connectivity index (χ4v) is 3.13. The molecule has 1 atom stereocenters. The third-order valence-corrected chi connectivity index (χ3v) is 4.23. The minimum atomic E-state index is 0.526. The van der Waals surface area contributed by atoms with E-state index >= 15 is 0 Å². The Hall–Kier alpha value is -0.870. The summed E-state index contributed by atoms with van der Waals surface area (Å²) in [5, 5.41) is 3.45. The highest BCUT2D eigenvalue weighted by Gasteiger charge is 2.22. The van der Waals surface area contributed by atoms with Crippen LogP contribution in [0.15, 0.2) is 17.0 Å². The van der Waals surface area contributed by atoms with Crippen LogP contribution in [-0.4, -0.2) is 33.6 Å². The molecule has 0 bridgehead atoms.